The van der Waals surface area contributed by atoms with Crippen molar-refractivity contribution in [2.45, 2.75) is 231 Å². The predicted octanol–water partition coefficient (Wildman–Crippen LogP) is 9.91. The summed E-state index contributed by atoms with van der Waals surface area (Å²) in [4.78, 5) is 39.4. The average Bonchev–Trinajstić information content (AvgIpc) is 3.04. The van der Waals surface area contributed by atoms with Crippen LogP contribution in [0.2, 0.25) is 0 Å². The van der Waals surface area contributed by atoms with E-state index in [0.717, 1.165) is 57.8 Å². The van der Waals surface area contributed by atoms with Crippen molar-refractivity contribution in [2.24, 2.45) is 0 Å². The summed E-state index contributed by atoms with van der Waals surface area (Å²) in [5.41, 5.74) is -2.74. The lowest BCUT2D eigenvalue weighted by Gasteiger charge is -2.32. The Morgan fingerprint density at radius 1 is 0.422 bits per heavy atom. The van der Waals surface area contributed by atoms with Gasteiger partial charge in [-0.2, -0.15) is 0 Å². The van der Waals surface area contributed by atoms with E-state index in [1.807, 2.05) is 0 Å². The third kappa shape index (κ3) is 21.4. The topological polar surface area (TPSA) is 112 Å². The fraction of sp³-hybridized carbons (Fsp3) is 0.923. The van der Waals surface area contributed by atoms with Gasteiger partial charge in [0.15, 0.2) is 17.3 Å². The highest BCUT2D eigenvalue weighted by molar-refractivity contribution is 6.11. The number of ketones is 3. The van der Waals surface area contributed by atoms with Crippen molar-refractivity contribution in [3.05, 3.63) is 0 Å². The van der Waals surface area contributed by atoms with Crippen LogP contribution in [-0.4, -0.2) is 50.5 Å². The number of rotatable bonds is 35. The van der Waals surface area contributed by atoms with Crippen LogP contribution in [-0.2, 0) is 14.4 Å². The van der Waals surface area contributed by atoms with Crippen LogP contribution in [0.25, 0.3) is 0 Å². The minimum atomic E-state index is -2.74. The maximum atomic E-state index is 13.3. The van der Waals surface area contributed by atoms with Gasteiger partial charge in [-0.15, -0.1) is 0 Å². The zero-order valence-electron chi connectivity index (χ0n) is 29.9. The highest BCUT2D eigenvalue weighted by atomic mass is 16.4. The highest BCUT2D eigenvalue weighted by Gasteiger charge is 2.52. The number of unbranched alkanes of at least 4 members (excludes halogenated alkanes) is 24. The molecule has 0 amide bonds. The van der Waals surface area contributed by atoms with Gasteiger partial charge in [0.2, 0.25) is 5.60 Å². The zero-order chi connectivity index (χ0) is 33.6. The third-order valence-corrected chi connectivity index (χ3v) is 9.45. The summed E-state index contributed by atoms with van der Waals surface area (Å²) in [7, 11) is 0. The lowest BCUT2D eigenvalue weighted by molar-refractivity contribution is -0.174. The molecule has 0 heterocycles. The van der Waals surface area contributed by atoms with Crippen molar-refractivity contribution in [1.82, 2.24) is 0 Å². The Kier molecular flexibility index (Phi) is 29.5. The maximum Gasteiger partial charge on any atom is 0.210 e. The van der Waals surface area contributed by atoms with Crippen LogP contribution in [0.3, 0.4) is 0 Å². The fourth-order valence-corrected chi connectivity index (χ4v) is 6.22. The van der Waals surface area contributed by atoms with Gasteiger partial charge in [0, 0.05) is 19.3 Å². The monoisotopic (exact) mass is 639 g/mol. The Hall–Kier alpha value is -1.11. The Bertz CT molecular complexity index is 686. The molecule has 0 spiro atoms. The van der Waals surface area contributed by atoms with Crippen LogP contribution in [0, 0.1) is 0 Å². The van der Waals surface area contributed by atoms with Gasteiger partial charge in [-0.1, -0.05) is 175 Å². The SMILES string of the molecule is CCCCCCCCCCCC(=O)C(O)C(O)C(O)(C(=O)CCCCCCCCCCC)C(=O)CCCCCCCCCCC. The molecule has 0 bridgehead atoms. The molecule has 2 unspecified atom stereocenters. The van der Waals surface area contributed by atoms with Gasteiger partial charge in [-0.05, 0) is 19.3 Å². The van der Waals surface area contributed by atoms with E-state index in [1.165, 1.54) is 96.3 Å². The lowest BCUT2D eigenvalue weighted by Crippen LogP contribution is -2.61. The molecule has 0 aliphatic carbocycles. The maximum absolute atomic E-state index is 13.3. The summed E-state index contributed by atoms with van der Waals surface area (Å²) in [6, 6.07) is 0. The smallest absolute Gasteiger partial charge is 0.210 e. The molecule has 3 N–H and O–H groups in total. The fourth-order valence-electron chi connectivity index (χ4n) is 6.22. The summed E-state index contributed by atoms with van der Waals surface area (Å²) in [5.74, 6) is -2.15. The number of aliphatic hydroxyl groups is 3. The van der Waals surface area contributed by atoms with Crippen molar-refractivity contribution in [3.63, 3.8) is 0 Å². The Balaban J connectivity index is 4.93. The first-order chi connectivity index (χ1) is 21.8. The van der Waals surface area contributed by atoms with E-state index in [1.54, 1.807) is 0 Å². The van der Waals surface area contributed by atoms with Gasteiger partial charge < -0.3 is 15.3 Å². The number of Topliss-reactive ketones (excluding diaryl/α,β-unsaturated/α-hetero) is 3. The second kappa shape index (κ2) is 30.2. The van der Waals surface area contributed by atoms with E-state index >= 15 is 0 Å². The summed E-state index contributed by atoms with van der Waals surface area (Å²) >= 11 is 0. The van der Waals surface area contributed by atoms with Gasteiger partial charge >= 0.3 is 0 Å². The minimum absolute atomic E-state index is 0.0495. The largest absolute Gasteiger partial charge is 0.386 e. The second-order valence-corrected chi connectivity index (χ2v) is 13.7. The first-order valence-electron chi connectivity index (χ1n) is 19.4. The zero-order valence-corrected chi connectivity index (χ0v) is 29.9. The van der Waals surface area contributed by atoms with Crippen LogP contribution in [0.15, 0.2) is 0 Å². The van der Waals surface area contributed by atoms with Crippen molar-refractivity contribution >= 4 is 17.3 Å². The molecule has 0 aromatic heterocycles. The molecule has 0 saturated heterocycles. The number of carbonyl (C=O) groups excluding carboxylic acids is 3. The molecule has 0 rings (SSSR count). The standard InChI is InChI=1S/C39H74O6/c1-4-7-10-13-16-19-22-25-28-31-34(40)37(43)38(44)39(45,35(41)32-29-26-23-20-17-14-11-8-5-2)36(42)33-30-27-24-21-18-15-12-9-6-3/h37-38,43-45H,4-33H2,1-3H3. The number of aliphatic hydroxyl groups excluding tert-OH is 2. The molecular formula is C39H74O6. The highest BCUT2D eigenvalue weighted by Crippen LogP contribution is 2.25. The van der Waals surface area contributed by atoms with E-state index in [2.05, 4.69) is 20.8 Å². The first kappa shape index (κ1) is 43.9. The molecule has 2 atom stereocenters. The normalized spacial score (nSPS) is 13.2. The molecule has 0 aromatic carbocycles. The van der Waals surface area contributed by atoms with Gasteiger partial charge in [-0.3, -0.25) is 14.4 Å². The van der Waals surface area contributed by atoms with Crippen LogP contribution >= 0.6 is 0 Å². The molecule has 45 heavy (non-hydrogen) atoms. The van der Waals surface area contributed by atoms with Crippen molar-refractivity contribution in [3.8, 4) is 0 Å². The lowest BCUT2D eigenvalue weighted by atomic mass is 9.79. The van der Waals surface area contributed by atoms with Gasteiger partial charge in [0.05, 0.1) is 0 Å². The van der Waals surface area contributed by atoms with Gasteiger partial charge in [-0.25, -0.2) is 0 Å². The van der Waals surface area contributed by atoms with E-state index < -0.39 is 35.2 Å². The summed E-state index contributed by atoms with van der Waals surface area (Å²) < 4.78 is 0. The van der Waals surface area contributed by atoms with Crippen molar-refractivity contribution in [2.75, 3.05) is 0 Å². The van der Waals surface area contributed by atoms with Crippen LogP contribution in [0.5, 0.6) is 0 Å². The van der Waals surface area contributed by atoms with Gasteiger partial charge in [0.1, 0.15) is 12.2 Å². The summed E-state index contributed by atoms with van der Waals surface area (Å²) in [6.07, 6.45) is 24.6. The van der Waals surface area contributed by atoms with E-state index in [-0.39, 0.29) is 19.3 Å². The summed E-state index contributed by atoms with van der Waals surface area (Å²) in [5, 5.41) is 33.2. The van der Waals surface area contributed by atoms with E-state index in [9.17, 15) is 29.7 Å². The molecule has 0 aromatic rings. The van der Waals surface area contributed by atoms with Crippen molar-refractivity contribution < 1.29 is 29.7 Å². The molecule has 0 aliphatic heterocycles. The molecule has 0 saturated carbocycles. The quantitative estimate of drug-likeness (QED) is 0.0470. The third-order valence-electron chi connectivity index (χ3n) is 9.45. The Labute approximate surface area is 277 Å². The second-order valence-electron chi connectivity index (χ2n) is 13.7. The van der Waals surface area contributed by atoms with Crippen molar-refractivity contribution in [1.29, 1.82) is 0 Å². The molecular weight excluding hydrogens is 564 g/mol. The first-order valence-corrected chi connectivity index (χ1v) is 19.4. The van der Waals surface area contributed by atoms with E-state index in [0.29, 0.717) is 19.3 Å². The average molecular weight is 639 g/mol. The summed E-state index contributed by atoms with van der Waals surface area (Å²) in [6.45, 7) is 6.59. The predicted molar refractivity (Wildman–Crippen MR) is 188 cm³/mol. The molecule has 6 nitrogen and oxygen atoms in total. The Morgan fingerprint density at radius 3 is 0.956 bits per heavy atom. The number of hydrogen-bond donors (Lipinski definition) is 3. The number of carbonyl (C=O) groups is 3. The molecule has 266 valence electrons. The molecule has 0 fully saturated rings. The van der Waals surface area contributed by atoms with Crippen LogP contribution in [0.4, 0.5) is 0 Å². The molecule has 6 heteroatoms. The van der Waals surface area contributed by atoms with Crippen LogP contribution in [0.1, 0.15) is 213 Å². The number of hydrogen-bond acceptors (Lipinski definition) is 6. The molecule has 0 aliphatic rings. The Morgan fingerprint density at radius 2 is 0.667 bits per heavy atom. The van der Waals surface area contributed by atoms with E-state index in [4.69, 9.17) is 0 Å². The molecule has 0 radical (unpaired) electrons. The minimum Gasteiger partial charge on any atom is -0.386 e. The van der Waals surface area contributed by atoms with Crippen LogP contribution < -0.4 is 0 Å². The van der Waals surface area contributed by atoms with Gasteiger partial charge in [0.25, 0.3) is 0 Å².